The van der Waals surface area contributed by atoms with Crippen LogP contribution in [-0.2, 0) is 4.79 Å². The zero-order valence-electron chi connectivity index (χ0n) is 8.69. The quantitative estimate of drug-likeness (QED) is 0.770. The summed E-state index contributed by atoms with van der Waals surface area (Å²) in [6.45, 7) is 3.45. The number of nitrogens with zero attached hydrogens (tertiary/aromatic N) is 1. The Morgan fingerprint density at radius 1 is 1.36 bits per heavy atom. The van der Waals surface area contributed by atoms with Crippen LogP contribution in [0, 0.1) is 6.92 Å². The Labute approximate surface area is 84.0 Å². The second-order valence-electron chi connectivity index (χ2n) is 3.41. The summed E-state index contributed by atoms with van der Waals surface area (Å²) in [6.07, 6.45) is -0.957. The molecular weight excluding hydrogens is 178 g/mol. The molecule has 0 saturated carbocycles. The summed E-state index contributed by atoms with van der Waals surface area (Å²) in [4.78, 5) is 12.9. The van der Waals surface area contributed by atoms with Gasteiger partial charge in [-0.3, -0.25) is 4.79 Å². The topological polar surface area (TPSA) is 40.5 Å². The Bertz CT molecular complexity index is 317. The number of carbonyl (C=O) groups is 1. The summed E-state index contributed by atoms with van der Waals surface area (Å²) in [5.74, 6) is -0.297. The zero-order valence-corrected chi connectivity index (χ0v) is 8.69. The van der Waals surface area contributed by atoms with Crippen LogP contribution in [0.4, 0.5) is 5.69 Å². The number of carbonyl (C=O) groups excluding carboxylic acids is 1. The highest BCUT2D eigenvalue weighted by Gasteiger charge is 2.15. The fourth-order valence-corrected chi connectivity index (χ4v) is 1.18. The van der Waals surface area contributed by atoms with Crippen molar-refractivity contribution in [2.24, 2.45) is 0 Å². The third kappa shape index (κ3) is 2.33. The molecule has 14 heavy (non-hydrogen) atoms. The molecule has 0 fully saturated rings. The van der Waals surface area contributed by atoms with Crippen LogP contribution in [0.15, 0.2) is 24.3 Å². The van der Waals surface area contributed by atoms with E-state index in [1.165, 1.54) is 11.8 Å². The molecule has 76 valence electrons. The molecule has 0 aliphatic heterocycles. The molecule has 3 heteroatoms. The Hall–Kier alpha value is -1.35. The lowest BCUT2D eigenvalue weighted by atomic mass is 10.2. The third-order valence-electron chi connectivity index (χ3n) is 2.11. The molecule has 1 amide bonds. The van der Waals surface area contributed by atoms with Gasteiger partial charge in [-0.2, -0.15) is 0 Å². The molecule has 0 aliphatic rings. The molecule has 1 aromatic rings. The maximum absolute atomic E-state index is 11.4. The minimum absolute atomic E-state index is 0.297. The highest BCUT2D eigenvalue weighted by atomic mass is 16.3. The molecule has 3 nitrogen and oxygen atoms in total. The molecule has 0 aliphatic carbocycles. The van der Waals surface area contributed by atoms with Crippen molar-refractivity contribution >= 4 is 11.6 Å². The minimum atomic E-state index is -0.957. The molecule has 0 spiro atoms. The molecule has 0 bridgehead atoms. The Morgan fingerprint density at radius 2 is 1.86 bits per heavy atom. The van der Waals surface area contributed by atoms with Crippen LogP contribution in [0.5, 0.6) is 0 Å². The number of aryl methyl sites for hydroxylation is 1. The van der Waals surface area contributed by atoms with Gasteiger partial charge in [-0.1, -0.05) is 17.7 Å². The first kappa shape index (κ1) is 10.7. The molecular formula is C11H15NO2. The van der Waals surface area contributed by atoms with Gasteiger partial charge >= 0.3 is 0 Å². The molecule has 0 unspecified atom stereocenters. The van der Waals surface area contributed by atoms with Gasteiger partial charge in [-0.25, -0.2) is 0 Å². The normalized spacial score (nSPS) is 12.3. The maximum Gasteiger partial charge on any atom is 0.255 e. The van der Waals surface area contributed by atoms with Gasteiger partial charge in [0, 0.05) is 12.7 Å². The molecule has 1 N–H and O–H groups in total. The minimum Gasteiger partial charge on any atom is -0.384 e. The van der Waals surface area contributed by atoms with Crippen molar-refractivity contribution in [3.63, 3.8) is 0 Å². The second-order valence-corrected chi connectivity index (χ2v) is 3.41. The number of amides is 1. The van der Waals surface area contributed by atoms with Gasteiger partial charge in [-0.05, 0) is 26.0 Å². The monoisotopic (exact) mass is 193 g/mol. The van der Waals surface area contributed by atoms with E-state index in [9.17, 15) is 4.79 Å². The van der Waals surface area contributed by atoms with Crippen molar-refractivity contribution in [3.8, 4) is 0 Å². The van der Waals surface area contributed by atoms with E-state index < -0.39 is 6.10 Å². The van der Waals surface area contributed by atoms with E-state index in [1.807, 2.05) is 31.2 Å². The van der Waals surface area contributed by atoms with Crippen LogP contribution in [0.2, 0.25) is 0 Å². The predicted octanol–water partition coefficient (Wildman–Crippen LogP) is 1.34. The Balaban J connectivity index is 2.84. The van der Waals surface area contributed by atoms with E-state index in [0.717, 1.165) is 11.3 Å². The summed E-state index contributed by atoms with van der Waals surface area (Å²) in [6, 6.07) is 7.58. The van der Waals surface area contributed by atoms with E-state index in [4.69, 9.17) is 5.11 Å². The number of hydrogen-bond donors (Lipinski definition) is 1. The standard InChI is InChI=1S/C11H15NO2/c1-8-4-6-10(7-5-8)12(3)11(14)9(2)13/h4-7,9,13H,1-3H3/t9-/m1/s1. The van der Waals surface area contributed by atoms with Crippen molar-refractivity contribution in [2.75, 3.05) is 11.9 Å². The van der Waals surface area contributed by atoms with Crippen LogP contribution in [-0.4, -0.2) is 24.2 Å². The van der Waals surface area contributed by atoms with Gasteiger partial charge in [0.05, 0.1) is 0 Å². The predicted molar refractivity (Wildman–Crippen MR) is 56.3 cm³/mol. The average Bonchev–Trinajstić information content (AvgIpc) is 2.16. The number of benzene rings is 1. The number of rotatable bonds is 2. The van der Waals surface area contributed by atoms with Gasteiger partial charge in [0.25, 0.3) is 5.91 Å². The number of hydrogen-bond acceptors (Lipinski definition) is 2. The van der Waals surface area contributed by atoms with Gasteiger partial charge < -0.3 is 10.0 Å². The van der Waals surface area contributed by atoms with Crippen LogP contribution in [0.3, 0.4) is 0 Å². The van der Waals surface area contributed by atoms with Gasteiger partial charge in [0.2, 0.25) is 0 Å². The fourth-order valence-electron chi connectivity index (χ4n) is 1.18. The largest absolute Gasteiger partial charge is 0.384 e. The Morgan fingerprint density at radius 3 is 2.29 bits per heavy atom. The van der Waals surface area contributed by atoms with Gasteiger partial charge in [0.15, 0.2) is 0 Å². The average molecular weight is 193 g/mol. The van der Waals surface area contributed by atoms with E-state index in [-0.39, 0.29) is 5.91 Å². The number of likely N-dealkylation sites (N-methyl/N-ethyl adjacent to an activating group) is 1. The van der Waals surface area contributed by atoms with Crippen molar-refractivity contribution in [1.82, 2.24) is 0 Å². The summed E-state index contributed by atoms with van der Waals surface area (Å²) >= 11 is 0. The van der Waals surface area contributed by atoms with E-state index in [2.05, 4.69) is 0 Å². The summed E-state index contributed by atoms with van der Waals surface area (Å²) in [5.41, 5.74) is 1.94. The molecule has 0 aromatic heterocycles. The maximum atomic E-state index is 11.4. The van der Waals surface area contributed by atoms with E-state index in [0.29, 0.717) is 0 Å². The summed E-state index contributed by atoms with van der Waals surface area (Å²) in [5, 5.41) is 9.12. The first-order chi connectivity index (χ1) is 6.52. The molecule has 0 heterocycles. The lowest BCUT2D eigenvalue weighted by Crippen LogP contribution is -2.34. The van der Waals surface area contributed by atoms with Crippen LogP contribution >= 0.6 is 0 Å². The first-order valence-electron chi connectivity index (χ1n) is 4.54. The lowest BCUT2D eigenvalue weighted by molar-refractivity contribution is -0.125. The number of anilines is 1. The molecule has 0 radical (unpaired) electrons. The molecule has 1 aromatic carbocycles. The smallest absolute Gasteiger partial charge is 0.255 e. The number of aliphatic hydroxyl groups is 1. The first-order valence-corrected chi connectivity index (χ1v) is 4.54. The Kier molecular flexibility index (Phi) is 3.25. The molecule has 1 rings (SSSR count). The van der Waals surface area contributed by atoms with Crippen molar-refractivity contribution in [3.05, 3.63) is 29.8 Å². The van der Waals surface area contributed by atoms with E-state index >= 15 is 0 Å². The summed E-state index contributed by atoms with van der Waals surface area (Å²) < 4.78 is 0. The summed E-state index contributed by atoms with van der Waals surface area (Å²) in [7, 11) is 1.65. The van der Waals surface area contributed by atoms with Gasteiger partial charge in [-0.15, -0.1) is 0 Å². The zero-order chi connectivity index (χ0) is 10.7. The van der Waals surface area contributed by atoms with Crippen LogP contribution < -0.4 is 4.90 Å². The van der Waals surface area contributed by atoms with Gasteiger partial charge in [0.1, 0.15) is 6.10 Å². The van der Waals surface area contributed by atoms with Crippen LogP contribution in [0.1, 0.15) is 12.5 Å². The lowest BCUT2D eigenvalue weighted by Gasteiger charge is -2.18. The third-order valence-corrected chi connectivity index (χ3v) is 2.11. The van der Waals surface area contributed by atoms with Crippen molar-refractivity contribution in [1.29, 1.82) is 0 Å². The SMILES string of the molecule is Cc1ccc(N(C)C(=O)[C@@H](C)O)cc1. The highest BCUT2D eigenvalue weighted by Crippen LogP contribution is 2.14. The second kappa shape index (κ2) is 4.24. The van der Waals surface area contributed by atoms with Crippen LogP contribution in [0.25, 0.3) is 0 Å². The van der Waals surface area contributed by atoms with Crippen molar-refractivity contribution in [2.45, 2.75) is 20.0 Å². The number of aliphatic hydroxyl groups excluding tert-OH is 1. The fraction of sp³-hybridized carbons (Fsp3) is 0.364. The molecule has 0 saturated heterocycles. The van der Waals surface area contributed by atoms with E-state index in [1.54, 1.807) is 7.05 Å². The van der Waals surface area contributed by atoms with Crippen molar-refractivity contribution < 1.29 is 9.90 Å². The highest BCUT2D eigenvalue weighted by molar-refractivity contribution is 5.95. The molecule has 1 atom stereocenters.